The van der Waals surface area contributed by atoms with E-state index in [1.807, 2.05) is 0 Å². The van der Waals surface area contributed by atoms with Gasteiger partial charge < -0.3 is 15.1 Å². The Kier molecular flexibility index (Phi) is 5.79. The number of hydrogen-bond acceptors (Lipinski definition) is 3. The number of likely N-dealkylation sites (N-methyl/N-ethyl adjacent to an activating group) is 1. The molecule has 1 unspecified atom stereocenters. The van der Waals surface area contributed by atoms with Gasteiger partial charge in [0, 0.05) is 24.3 Å². The quantitative estimate of drug-likeness (QED) is 0.866. The van der Waals surface area contributed by atoms with Crippen molar-refractivity contribution in [3.63, 3.8) is 0 Å². The van der Waals surface area contributed by atoms with Crippen LogP contribution in [0, 0.1) is 0 Å². The fourth-order valence-electron chi connectivity index (χ4n) is 1.71. The molecule has 0 saturated heterocycles. The minimum Gasteiger partial charge on any atom is -0.480 e. The van der Waals surface area contributed by atoms with Crippen molar-refractivity contribution < 1.29 is 19.8 Å². The number of nitrogens with zero attached hydrogens (tertiary/aromatic N) is 2. The van der Waals surface area contributed by atoms with Crippen LogP contribution < -0.4 is 4.90 Å². The molecular weight excluding hydrogens is 284 g/mol. The average Bonchev–Trinajstić information content (AvgIpc) is 2.35. The van der Waals surface area contributed by atoms with E-state index in [0.717, 1.165) is 4.90 Å². The molecule has 0 aliphatic heterocycles. The first-order valence-corrected chi connectivity index (χ1v) is 6.37. The highest BCUT2D eigenvalue weighted by Crippen LogP contribution is 2.19. The molecule has 0 fully saturated rings. The average molecular weight is 301 g/mol. The van der Waals surface area contributed by atoms with E-state index >= 15 is 0 Å². The molecule has 7 heteroatoms. The predicted octanol–water partition coefficient (Wildman–Crippen LogP) is 1.66. The van der Waals surface area contributed by atoms with Crippen LogP contribution >= 0.6 is 11.6 Å². The lowest BCUT2D eigenvalue weighted by atomic mass is 10.3. The molecule has 0 radical (unpaired) electrons. The van der Waals surface area contributed by atoms with Crippen LogP contribution in [0.25, 0.3) is 0 Å². The molecule has 1 aromatic carbocycles. The molecule has 1 atom stereocenters. The van der Waals surface area contributed by atoms with Crippen molar-refractivity contribution in [3.8, 4) is 0 Å². The van der Waals surface area contributed by atoms with E-state index < -0.39 is 24.6 Å². The Morgan fingerprint density at radius 3 is 2.30 bits per heavy atom. The number of carboxylic acid groups (broad SMARTS) is 1. The molecule has 0 aromatic heterocycles. The summed E-state index contributed by atoms with van der Waals surface area (Å²) in [5.74, 6) is -1.13. The molecule has 6 nitrogen and oxygen atoms in total. The van der Waals surface area contributed by atoms with Gasteiger partial charge in [-0.1, -0.05) is 11.6 Å². The summed E-state index contributed by atoms with van der Waals surface area (Å²) in [6, 6.07) is 5.79. The maximum Gasteiger partial charge on any atom is 0.324 e. The van der Waals surface area contributed by atoms with Crippen LogP contribution in [0.15, 0.2) is 24.3 Å². The lowest BCUT2D eigenvalue weighted by molar-refractivity contribution is -0.135. The van der Waals surface area contributed by atoms with Gasteiger partial charge in [-0.05, 0) is 31.2 Å². The third-order valence-electron chi connectivity index (χ3n) is 2.53. The number of benzene rings is 1. The third kappa shape index (κ3) is 4.71. The number of urea groups is 1. The SMILES string of the molecule is CC(O)CN(C)C(=O)N(CC(=O)O)c1ccc(Cl)cc1. The lowest BCUT2D eigenvalue weighted by Gasteiger charge is -2.27. The topological polar surface area (TPSA) is 81.1 Å². The number of hydrogen-bond donors (Lipinski definition) is 2. The molecule has 0 heterocycles. The van der Waals surface area contributed by atoms with Crippen molar-refractivity contribution in [1.29, 1.82) is 0 Å². The molecule has 110 valence electrons. The maximum atomic E-state index is 12.2. The third-order valence-corrected chi connectivity index (χ3v) is 2.78. The van der Waals surface area contributed by atoms with Crippen LogP contribution in [0.4, 0.5) is 10.5 Å². The van der Waals surface area contributed by atoms with Gasteiger partial charge in [-0.15, -0.1) is 0 Å². The second-order valence-electron chi connectivity index (χ2n) is 4.47. The molecule has 2 amide bonds. The number of carboxylic acids is 1. The van der Waals surface area contributed by atoms with Crippen LogP contribution in [-0.4, -0.2) is 53.4 Å². The molecule has 1 aromatic rings. The molecule has 2 N–H and O–H groups in total. The second kappa shape index (κ2) is 7.12. The highest BCUT2D eigenvalue weighted by atomic mass is 35.5. The van der Waals surface area contributed by atoms with Gasteiger partial charge in [-0.25, -0.2) is 4.79 Å². The van der Waals surface area contributed by atoms with Crippen molar-refractivity contribution in [1.82, 2.24) is 4.90 Å². The zero-order valence-electron chi connectivity index (χ0n) is 11.3. The van der Waals surface area contributed by atoms with Crippen LogP contribution in [0.5, 0.6) is 0 Å². The summed E-state index contributed by atoms with van der Waals surface area (Å²) in [5, 5.41) is 18.7. The number of aliphatic carboxylic acids is 1. The van der Waals surface area contributed by atoms with Gasteiger partial charge in [0.25, 0.3) is 0 Å². The van der Waals surface area contributed by atoms with E-state index in [2.05, 4.69) is 0 Å². The Balaban J connectivity index is 2.96. The molecule has 0 saturated carbocycles. The summed E-state index contributed by atoms with van der Waals surface area (Å²) < 4.78 is 0. The van der Waals surface area contributed by atoms with Gasteiger partial charge in [0.15, 0.2) is 0 Å². The first kappa shape index (κ1) is 16.3. The van der Waals surface area contributed by atoms with Crippen LogP contribution in [0.3, 0.4) is 0 Å². The van der Waals surface area contributed by atoms with E-state index in [4.69, 9.17) is 16.7 Å². The van der Waals surface area contributed by atoms with Crippen molar-refractivity contribution in [3.05, 3.63) is 29.3 Å². The van der Waals surface area contributed by atoms with Gasteiger partial charge in [0.1, 0.15) is 6.54 Å². The Morgan fingerprint density at radius 1 is 1.30 bits per heavy atom. The van der Waals surface area contributed by atoms with Crippen molar-refractivity contribution in [2.45, 2.75) is 13.0 Å². The molecule has 20 heavy (non-hydrogen) atoms. The number of aliphatic hydroxyl groups is 1. The van der Waals surface area contributed by atoms with Crippen molar-refractivity contribution in [2.75, 3.05) is 25.0 Å². The number of carbonyl (C=O) groups is 2. The summed E-state index contributed by atoms with van der Waals surface area (Å²) in [6.45, 7) is 1.20. The van der Waals surface area contributed by atoms with Gasteiger partial charge in [0.05, 0.1) is 6.10 Å². The molecule has 0 aliphatic rings. The lowest BCUT2D eigenvalue weighted by Crippen LogP contribution is -2.45. The minimum absolute atomic E-state index is 0.114. The minimum atomic E-state index is -1.13. The normalized spacial score (nSPS) is 11.8. The Labute approximate surface area is 122 Å². The van der Waals surface area contributed by atoms with Crippen LogP contribution in [0.1, 0.15) is 6.92 Å². The van der Waals surface area contributed by atoms with Gasteiger partial charge in [-0.2, -0.15) is 0 Å². The van der Waals surface area contributed by atoms with Crippen molar-refractivity contribution in [2.24, 2.45) is 0 Å². The highest BCUT2D eigenvalue weighted by molar-refractivity contribution is 6.30. The van der Waals surface area contributed by atoms with Crippen LogP contribution in [-0.2, 0) is 4.79 Å². The number of halogens is 1. The van der Waals surface area contributed by atoms with Gasteiger partial charge in [-0.3, -0.25) is 9.69 Å². The zero-order chi connectivity index (χ0) is 15.3. The molecule has 0 bridgehead atoms. The van der Waals surface area contributed by atoms with E-state index in [-0.39, 0.29) is 6.54 Å². The second-order valence-corrected chi connectivity index (χ2v) is 4.90. The van der Waals surface area contributed by atoms with Crippen molar-refractivity contribution >= 4 is 29.3 Å². The number of aliphatic hydroxyl groups excluding tert-OH is 1. The number of carbonyl (C=O) groups excluding carboxylic acids is 1. The standard InChI is InChI=1S/C13H17ClN2O4/c1-9(17)7-15(2)13(20)16(8-12(18)19)11-5-3-10(14)4-6-11/h3-6,9,17H,7-8H2,1-2H3,(H,18,19). The zero-order valence-corrected chi connectivity index (χ0v) is 12.0. The summed E-state index contributed by atoms with van der Waals surface area (Å²) in [7, 11) is 1.50. The van der Waals surface area contributed by atoms with E-state index in [1.165, 1.54) is 11.9 Å². The fraction of sp³-hybridized carbons (Fsp3) is 0.385. The number of amides is 2. The van der Waals surface area contributed by atoms with Crippen LogP contribution in [0.2, 0.25) is 5.02 Å². The summed E-state index contributed by atoms with van der Waals surface area (Å²) in [4.78, 5) is 25.5. The summed E-state index contributed by atoms with van der Waals surface area (Å²) >= 11 is 5.77. The smallest absolute Gasteiger partial charge is 0.324 e. The maximum absolute atomic E-state index is 12.2. The highest BCUT2D eigenvalue weighted by Gasteiger charge is 2.22. The number of rotatable bonds is 5. The monoisotopic (exact) mass is 300 g/mol. The molecule has 1 rings (SSSR count). The molecular formula is C13H17ClN2O4. The van der Waals surface area contributed by atoms with Gasteiger partial charge in [0.2, 0.25) is 0 Å². The van der Waals surface area contributed by atoms with E-state index in [0.29, 0.717) is 10.7 Å². The first-order valence-electron chi connectivity index (χ1n) is 5.99. The largest absolute Gasteiger partial charge is 0.480 e. The summed E-state index contributed by atoms with van der Waals surface area (Å²) in [6.07, 6.45) is -0.694. The first-order chi connectivity index (χ1) is 9.31. The summed E-state index contributed by atoms with van der Waals surface area (Å²) in [5.41, 5.74) is 0.430. The predicted molar refractivity (Wildman–Crippen MR) is 76.1 cm³/mol. The number of anilines is 1. The van der Waals surface area contributed by atoms with E-state index in [9.17, 15) is 14.7 Å². The Bertz CT molecular complexity index is 476. The molecule has 0 spiro atoms. The van der Waals surface area contributed by atoms with E-state index in [1.54, 1.807) is 31.2 Å². The van der Waals surface area contributed by atoms with Gasteiger partial charge >= 0.3 is 12.0 Å². The Morgan fingerprint density at radius 2 is 1.85 bits per heavy atom. The Hall–Kier alpha value is -1.79. The fourth-order valence-corrected chi connectivity index (χ4v) is 1.83. The molecule has 0 aliphatic carbocycles.